The van der Waals surface area contributed by atoms with Gasteiger partial charge < -0.3 is 14.4 Å². The van der Waals surface area contributed by atoms with Gasteiger partial charge in [-0.2, -0.15) is 5.10 Å². The first-order valence-electron chi connectivity index (χ1n) is 9.88. The van der Waals surface area contributed by atoms with E-state index in [1.54, 1.807) is 19.5 Å². The molecule has 4 aromatic rings. The molecule has 1 aliphatic rings. The first kappa shape index (κ1) is 18.5. The van der Waals surface area contributed by atoms with Crippen molar-refractivity contribution in [2.24, 2.45) is 0 Å². The first-order valence-corrected chi connectivity index (χ1v) is 9.88. The molecule has 5 rings (SSSR count). The Morgan fingerprint density at radius 2 is 1.93 bits per heavy atom. The van der Waals surface area contributed by atoms with Gasteiger partial charge in [-0.3, -0.25) is 10.1 Å². The number of morpholine rings is 1. The summed E-state index contributed by atoms with van der Waals surface area (Å²) in [6, 6.07) is 8.10. The Labute approximate surface area is 173 Å². The zero-order valence-corrected chi connectivity index (χ0v) is 16.9. The lowest BCUT2D eigenvalue weighted by Crippen LogP contribution is -2.36. The van der Waals surface area contributed by atoms with Crippen LogP contribution in [0.5, 0.6) is 5.88 Å². The highest BCUT2D eigenvalue weighted by molar-refractivity contribution is 6.02. The number of hydrogen-bond donors (Lipinski definition) is 1. The van der Waals surface area contributed by atoms with Crippen molar-refractivity contribution in [3.8, 4) is 28.4 Å². The molecular weight excluding hydrogens is 380 g/mol. The topological polar surface area (TPSA) is 89.0 Å². The van der Waals surface area contributed by atoms with Crippen molar-refractivity contribution in [1.82, 2.24) is 25.1 Å². The summed E-state index contributed by atoms with van der Waals surface area (Å²) < 4.78 is 11.1. The predicted octanol–water partition coefficient (Wildman–Crippen LogP) is 3.24. The summed E-state index contributed by atoms with van der Waals surface area (Å²) in [6.45, 7) is 4.98. The number of ether oxygens (including phenoxy) is 2. The zero-order valence-electron chi connectivity index (χ0n) is 16.9. The molecule has 0 radical (unpaired) electrons. The summed E-state index contributed by atoms with van der Waals surface area (Å²) in [4.78, 5) is 16.4. The quantitative estimate of drug-likeness (QED) is 0.560. The molecule has 30 heavy (non-hydrogen) atoms. The predicted molar refractivity (Wildman–Crippen MR) is 115 cm³/mol. The molecule has 0 aliphatic carbocycles. The number of fused-ring (bicyclic) bond motifs is 1. The van der Waals surface area contributed by atoms with E-state index in [0.29, 0.717) is 19.1 Å². The molecule has 0 unspecified atom stereocenters. The number of pyridine rings is 3. The van der Waals surface area contributed by atoms with Crippen molar-refractivity contribution >= 4 is 16.7 Å². The van der Waals surface area contributed by atoms with Gasteiger partial charge in [0.2, 0.25) is 5.88 Å². The van der Waals surface area contributed by atoms with Crippen LogP contribution in [0.2, 0.25) is 0 Å². The third kappa shape index (κ3) is 3.25. The van der Waals surface area contributed by atoms with Crippen LogP contribution < -0.4 is 9.64 Å². The van der Waals surface area contributed by atoms with Crippen molar-refractivity contribution in [1.29, 1.82) is 0 Å². The third-order valence-corrected chi connectivity index (χ3v) is 5.28. The fourth-order valence-corrected chi connectivity index (χ4v) is 3.81. The average molecular weight is 402 g/mol. The molecule has 0 atom stereocenters. The maximum absolute atomic E-state index is 5.59. The summed E-state index contributed by atoms with van der Waals surface area (Å²) in [5.74, 6) is 1.47. The standard InChI is InChI=1S/C22H22N6O2/c1-14-11-17(22(29-2)24-13-14)16-12-19(28-7-9-30-10-8-28)26-20-15(16)3-5-23-21(20)18-4-6-25-27-18/h3-6,11-13H,7-10H2,1-2H3,(H,25,27). The number of nitrogens with zero attached hydrogens (tertiary/aromatic N) is 5. The summed E-state index contributed by atoms with van der Waals surface area (Å²) >= 11 is 0. The van der Waals surface area contributed by atoms with E-state index in [-0.39, 0.29) is 0 Å². The van der Waals surface area contributed by atoms with Gasteiger partial charge in [0.1, 0.15) is 17.0 Å². The summed E-state index contributed by atoms with van der Waals surface area (Å²) in [7, 11) is 1.64. The van der Waals surface area contributed by atoms with Crippen molar-refractivity contribution in [2.75, 3.05) is 38.3 Å². The van der Waals surface area contributed by atoms with Crippen LogP contribution in [0.3, 0.4) is 0 Å². The number of H-pyrrole nitrogens is 1. The van der Waals surface area contributed by atoms with E-state index >= 15 is 0 Å². The maximum atomic E-state index is 5.59. The number of aryl methyl sites for hydroxylation is 1. The highest BCUT2D eigenvalue weighted by Gasteiger charge is 2.20. The van der Waals surface area contributed by atoms with Gasteiger partial charge in [-0.25, -0.2) is 9.97 Å². The lowest BCUT2D eigenvalue weighted by molar-refractivity contribution is 0.122. The molecule has 4 aromatic heterocycles. The van der Waals surface area contributed by atoms with Crippen LogP contribution in [0.1, 0.15) is 5.56 Å². The Morgan fingerprint density at radius 1 is 1.07 bits per heavy atom. The number of hydrogen-bond acceptors (Lipinski definition) is 7. The number of rotatable bonds is 4. The van der Waals surface area contributed by atoms with Crippen LogP contribution in [0.4, 0.5) is 5.82 Å². The Morgan fingerprint density at radius 3 is 2.70 bits per heavy atom. The molecule has 0 saturated carbocycles. The third-order valence-electron chi connectivity index (χ3n) is 5.28. The highest BCUT2D eigenvalue weighted by atomic mass is 16.5. The normalized spacial score (nSPS) is 14.3. The number of methoxy groups -OCH3 is 1. The van der Waals surface area contributed by atoms with Crippen molar-refractivity contribution in [2.45, 2.75) is 6.92 Å². The lowest BCUT2D eigenvalue weighted by Gasteiger charge is -2.28. The van der Waals surface area contributed by atoms with Gasteiger partial charge in [0, 0.05) is 48.2 Å². The molecule has 8 heteroatoms. The molecule has 1 fully saturated rings. The molecule has 0 spiro atoms. The van der Waals surface area contributed by atoms with E-state index in [2.05, 4.69) is 37.2 Å². The average Bonchev–Trinajstić information content (AvgIpc) is 3.33. The van der Waals surface area contributed by atoms with Crippen LogP contribution in [0, 0.1) is 6.92 Å². The van der Waals surface area contributed by atoms with E-state index in [1.165, 1.54) is 0 Å². The second-order valence-corrected chi connectivity index (χ2v) is 7.22. The molecular formula is C22H22N6O2. The molecule has 0 amide bonds. The molecule has 152 valence electrons. The minimum Gasteiger partial charge on any atom is -0.481 e. The van der Waals surface area contributed by atoms with Crippen LogP contribution >= 0.6 is 0 Å². The molecule has 0 bridgehead atoms. The molecule has 8 nitrogen and oxygen atoms in total. The molecule has 5 heterocycles. The van der Waals surface area contributed by atoms with Gasteiger partial charge in [0.05, 0.1) is 26.0 Å². The fourth-order valence-electron chi connectivity index (χ4n) is 3.81. The van der Waals surface area contributed by atoms with E-state index < -0.39 is 0 Å². The van der Waals surface area contributed by atoms with Crippen LogP contribution in [-0.4, -0.2) is 58.6 Å². The summed E-state index contributed by atoms with van der Waals surface area (Å²) in [5, 5.41) is 8.08. The number of aromatic nitrogens is 5. The molecule has 1 N–H and O–H groups in total. The smallest absolute Gasteiger partial charge is 0.221 e. The zero-order chi connectivity index (χ0) is 20.5. The monoisotopic (exact) mass is 402 g/mol. The van der Waals surface area contributed by atoms with E-state index in [0.717, 1.165) is 57.9 Å². The fraction of sp³-hybridized carbons (Fsp3) is 0.273. The van der Waals surface area contributed by atoms with Crippen molar-refractivity contribution in [3.05, 3.63) is 48.4 Å². The largest absolute Gasteiger partial charge is 0.481 e. The van der Waals surface area contributed by atoms with Gasteiger partial charge >= 0.3 is 0 Å². The van der Waals surface area contributed by atoms with Crippen LogP contribution in [0.25, 0.3) is 33.4 Å². The Kier molecular flexibility index (Phi) is 4.76. The Bertz CT molecular complexity index is 1190. The lowest BCUT2D eigenvalue weighted by atomic mass is 10.00. The number of aromatic amines is 1. The van der Waals surface area contributed by atoms with Gasteiger partial charge in [0.15, 0.2) is 0 Å². The van der Waals surface area contributed by atoms with Gasteiger partial charge in [-0.05, 0) is 36.8 Å². The maximum Gasteiger partial charge on any atom is 0.221 e. The van der Waals surface area contributed by atoms with Crippen molar-refractivity contribution in [3.63, 3.8) is 0 Å². The van der Waals surface area contributed by atoms with Crippen molar-refractivity contribution < 1.29 is 9.47 Å². The molecule has 1 saturated heterocycles. The first-order chi connectivity index (χ1) is 14.7. The SMILES string of the molecule is COc1ncc(C)cc1-c1cc(N2CCOCC2)nc2c(-c3ccn[nH]3)nccc12. The Hall–Kier alpha value is -3.52. The summed E-state index contributed by atoms with van der Waals surface area (Å²) in [6.07, 6.45) is 5.33. The number of nitrogens with one attached hydrogen (secondary N) is 1. The van der Waals surface area contributed by atoms with Crippen LogP contribution in [0.15, 0.2) is 42.9 Å². The second kappa shape index (κ2) is 7.72. The van der Waals surface area contributed by atoms with Gasteiger partial charge in [-0.1, -0.05) is 0 Å². The van der Waals surface area contributed by atoms with E-state index in [4.69, 9.17) is 14.5 Å². The summed E-state index contributed by atoms with van der Waals surface area (Å²) in [5.41, 5.74) is 5.41. The molecule has 0 aromatic carbocycles. The highest BCUT2D eigenvalue weighted by Crippen LogP contribution is 2.38. The number of anilines is 1. The second-order valence-electron chi connectivity index (χ2n) is 7.22. The molecule has 1 aliphatic heterocycles. The van der Waals surface area contributed by atoms with Gasteiger partial charge in [0.25, 0.3) is 0 Å². The van der Waals surface area contributed by atoms with Crippen LogP contribution in [-0.2, 0) is 4.74 Å². The van der Waals surface area contributed by atoms with E-state index in [1.807, 2.05) is 25.3 Å². The van der Waals surface area contributed by atoms with Gasteiger partial charge in [-0.15, -0.1) is 0 Å². The van der Waals surface area contributed by atoms with E-state index in [9.17, 15) is 0 Å². The minimum absolute atomic E-state index is 0.584. The Balaban J connectivity index is 1.81. The minimum atomic E-state index is 0.584.